The summed E-state index contributed by atoms with van der Waals surface area (Å²) in [7, 11) is 1.57. The number of thiazole rings is 1. The first-order chi connectivity index (χ1) is 14.6. The van der Waals surface area contributed by atoms with Crippen molar-refractivity contribution in [3.05, 3.63) is 84.2 Å². The first-order valence-electron chi connectivity index (χ1n) is 9.00. The Morgan fingerprint density at radius 2 is 1.87 bits per heavy atom. The monoisotopic (exact) mass is 424 g/mol. The molecule has 0 spiro atoms. The van der Waals surface area contributed by atoms with Crippen molar-refractivity contribution in [3.8, 4) is 21.9 Å². The fourth-order valence-electron chi connectivity index (χ4n) is 2.70. The predicted molar refractivity (Wildman–Crippen MR) is 111 cm³/mol. The van der Waals surface area contributed by atoms with Gasteiger partial charge in [0.1, 0.15) is 18.2 Å². The van der Waals surface area contributed by atoms with E-state index < -0.39 is 5.91 Å². The summed E-state index contributed by atoms with van der Waals surface area (Å²) in [6.45, 7) is 0.152. The summed E-state index contributed by atoms with van der Waals surface area (Å²) >= 11 is 1.29. The molecule has 0 aliphatic carbocycles. The van der Waals surface area contributed by atoms with Crippen LogP contribution in [0.15, 0.2) is 71.3 Å². The molecule has 0 atom stereocenters. The minimum Gasteiger partial charge on any atom is -0.493 e. The van der Waals surface area contributed by atoms with Gasteiger partial charge in [-0.2, -0.15) is 0 Å². The van der Waals surface area contributed by atoms with Gasteiger partial charge in [0, 0.05) is 6.20 Å². The van der Waals surface area contributed by atoms with Crippen molar-refractivity contribution in [2.24, 2.45) is 0 Å². The number of nitrogens with zero attached hydrogens (tertiary/aromatic N) is 1. The third-order valence-electron chi connectivity index (χ3n) is 4.18. The van der Waals surface area contributed by atoms with E-state index in [1.807, 2.05) is 12.1 Å². The van der Waals surface area contributed by atoms with Crippen molar-refractivity contribution in [1.82, 2.24) is 4.98 Å². The molecule has 0 radical (unpaired) electrons. The Hall–Kier alpha value is -3.65. The molecule has 0 saturated carbocycles. The van der Waals surface area contributed by atoms with Crippen molar-refractivity contribution in [3.63, 3.8) is 0 Å². The molecule has 2 aromatic heterocycles. The molecule has 0 saturated heterocycles. The van der Waals surface area contributed by atoms with Crippen molar-refractivity contribution in [2.75, 3.05) is 12.4 Å². The van der Waals surface area contributed by atoms with Gasteiger partial charge in [-0.05, 0) is 42.0 Å². The Bertz CT molecular complexity index is 1150. The van der Waals surface area contributed by atoms with Gasteiger partial charge in [-0.1, -0.05) is 35.6 Å². The second kappa shape index (κ2) is 8.79. The molecule has 6 nitrogen and oxygen atoms in total. The number of aromatic nitrogens is 1. The number of ether oxygens (including phenoxy) is 2. The molecule has 0 aliphatic rings. The van der Waals surface area contributed by atoms with E-state index in [0.29, 0.717) is 22.4 Å². The lowest BCUT2D eigenvalue weighted by Gasteiger charge is -2.08. The minimum absolute atomic E-state index is 0.146. The van der Waals surface area contributed by atoms with Crippen LogP contribution >= 0.6 is 11.3 Å². The normalized spacial score (nSPS) is 10.6. The van der Waals surface area contributed by atoms with Gasteiger partial charge in [-0.3, -0.25) is 10.1 Å². The average molecular weight is 424 g/mol. The van der Waals surface area contributed by atoms with E-state index in [4.69, 9.17) is 13.9 Å². The Kier molecular flexibility index (Phi) is 5.76. The number of benzene rings is 2. The Morgan fingerprint density at radius 1 is 1.10 bits per heavy atom. The number of amides is 1. The molecule has 0 unspecified atom stereocenters. The van der Waals surface area contributed by atoms with Crippen LogP contribution in [0.2, 0.25) is 0 Å². The minimum atomic E-state index is -0.418. The summed E-state index contributed by atoms with van der Waals surface area (Å²) < 4.78 is 29.6. The highest BCUT2D eigenvalue weighted by Gasteiger charge is 2.15. The highest BCUT2D eigenvalue weighted by atomic mass is 32.1. The van der Waals surface area contributed by atoms with Gasteiger partial charge in [0.05, 0.1) is 12.0 Å². The highest BCUT2D eigenvalue weighted by molar-refractivity contribution is 7.19. The number of rotatable bonds is 7. The molecule has 152 valence electrons. The van der Waals surface area contributed by atoms with E-state index in [-0.39, 0.29) is 18.2 Å². The number of hydrogen-bond acceptors (Lipinski definition) is 6. The van der Waals surface area contributed by atoms with E-state index in [9.17, 15) is 9.18 Å². The fraction of sp³-hybridized carbons (Fsp3) is 0.0909. The van der Waals surface area contributed by atoms with E-state index in [1.54, 1.807) is 49.7 Å². The zero-order valence-electron chi connectivity index (χ0n) is 15.9. The number of halogens is 1. The summed E-state index contributed by atoms with van der Waals surface area (Å²) in [5.74, 6) is 1.12. The van der Waals surface area contributed by atoms with Crippen LogP contribution in [0.5, 0.6) is 11.5 Å². The van der Waals surface area contributed by atoms with Crippen molar-refractivity contribution in [2.45, 2.75) is 6.61 Å². The van der Waals surface area contributed by atoms with Gasteiger partial charge >= 0.3 is 0 Å². The zero-order chi connectivity index (χ0) is 20.9. The maximum absolute atomic E-state index is 13.1. The summed E-state index contributed by atoms with van der Waals surface area (Å²) in [4.78, 5) is 17.5. The summed E-state index contributed by atoms with van der Waals surface area (Å²) in [6.07, 6.45) is 1.63. The third kappa shape index (κ3) is 4.49. The molecule has 1 amide bonds. The van der Waals surface area contributed by atoms with Crippen LogP contribution in [0, 0.1) is 5.82 Å². The molecule has 2 aromatic carbocycles. The van der Waals surface area contributed by atoms with Crippen LogP contribution in [0.1, 0.15) is 16.3 Å². The number of para-hydroxylation sites is 2. The van der Waals surface area contributed by atoms with Gasteiger partial charge < -0.3 is 13.9 Å². The van der Waals surface area contributed by atoms with E-state index in [0.717, 1.165) is 10.4 Å². The van der Waals surface area contributed by atoms with E-state index in [1.165, 1.54) is 23.5 Å². The Labute approximate surface area is 175 Å². The zero-order valence-corrected chi connectivity index (χ0v) is 16.7. The van der Waals surface area contributed by atoms with Crippen molar-refractivity contribution >= 4 is 22.4 Å². The second-order valence-corrected chi connectivity index (χ2v) is 7.23. The number of carbonyl (C=O) groups is 1. The first kappa shape index (κ1) is 19.7. The summed E-state index contributed by atoms with van der Waals surface area (Å²) in [5, 5.41) is 3.12. The molecule has 8 heteroatoms. The van der Waals surface area contributed by atoms with Crippen LogP contribution in [0.25, 0.3) is 10.4 Å². The molecule has 1 N–H and O–H groups in total. The van der Waals surface area contributed by atoms with Crippen LogP contribution in [0.4, 0.5) is 9.52 Å². The van der Waals surface area contributed by atoms with Crippen LogP contribution < -0.4 is 14.8 Å². The molecule has 0 aliphatic heterocycles. The van der Waals surface area contributed by atoms with Gasteiger partial charge in [0.2, 0.25) is 0 Å². The molecule has 30 heavy (non-hydrogen) atoms. The molecular weight excluding hydrogens is 407 g/mol. The van der Waals surface area contributed by atoms with Gasteiger partial charge in [0.15, 0.2) is 22.4 Å². The maximum Gasteiger partial charge on any atom is 0.293 e. The largest absolute Gasteiger partial charge is 0.493 e. The van der Waals surface area contributed by atoms with Crippen LogP contribution in [0.3, 0.4) is 0 Å². The number of methoxy groups -OCH3 is 1. The quantitative estimate of drug-likeness (QED) is 0.431. The van der Waals surface area contributed by atoms with Gasteiger partial charge in [-0.15, -0.1) is 0 Å². The molecule has 0 fully saturated rings. The average Bonchev–Trinajstić information content (AvgIpc) is 3.43. The standard InChI is InChI=1S/C22H17FN2O4S/c1-27-17-4-2-3-5-18(17)28-13-16-10-11-19(29-16)21(26)25-22-24-12-20(30-22)14-6-8-15(23)9-7-14/h2-12H,13H2,1H3,(H,24,25,26). The maximum atomic E-state index is 13.1. The highest BCUT2D eigenvalue weighted by Crippen LogP contribution is 2.30. The molecule has 0 bridgehead atoms. The smallest absolute Gasteiger partial charge is 0.293 e. The van der Waals surface area contributed by atoms with E-state index >= 15 is 0 Å². The number of carbonyl (C=O) groups excluding carboxylic acids is 1. The lowest BCUT2D eigenvalue weighted by atomic mass is 10.2. The number of hydrogen-bond donors (Lipinski definition) is 1. The molecule has 4 aromatic rings. The van der Waals surface area contributed by atoms with Crippen LogP contribution in [-0.2, 0) is 6.61 Å². The lowest BCUT2D eigenvalue weighted by Crippen LogP contribution is -2.10. The Morgan fingerprint density at radius 3 is 2.63 bits per heavy atom. The van der Waals surface area contributed by atoms with Crippen molar-refractivity contribution < 1.29 is 23.1 Å². The molecule has 4 rings (SSSR count). The Balaban J connectivity index is 1.38. The summed E-state index contributed by atoms with van der Waals surface area (Å²) in [5.41, 5.74) is 0.822. The van der Waals surface area contributed by atoms with Gasteiger partial charge in [0.25, 0.3) is 5.91 Å². The molecule has 2 heterocycles. The first-order valence-corrected chi connectivity index (χ1v) is 9.81. The lowest BCUT2D eigenvalue weighted by molar-refractivity contribution is 0.0992. The third-order valence-corrected chi connectivity index (χ3v) is 5.14. The van der Waals surface area contributed by atoms with Gasteiger partial charge in [-0.25, -0.2) is 9.37 Å². The van der Waals surface area contributed by atoms with Crippen molar-refractivity contribution in [1.29, 1.82) is 0 Å². The topological polar surface area (TPSA) is 73.6 Å². The van der Waals surface area contributed by atoms with E-state index in [2.05, 4.69) is 10.3 Å². The summed E-state index contributed by atoms with van der Waals surface area (Å²) in [6, 6.07) is 16.6. The molecular formula is C22H17FN2O4S. The van der Waals surface area contributed by atoms with Crippen LogP contribution in [-0.4, -0.2) is 18.0 Å². The number of nitrogens with one attached hydrogen (secondary N) is 1. The number of furan rings is 1. The fourth-order valence-corrected chi connectivity index (χ4v) is 3.52. The predicted octanol–water partition coefficient (Wildman–Crippen LogP) is 5.38. The second-order valence-electron chi connectivity index (χ2n) is 6.20. The SMILES string of the molecule is COc1ccccc1OCc1ccc(C(=O)Nc2ncc(-c3ccc(F)cc3)s2)o1. The number of anilines is 1.